The van der Waals surface area contributed by atoms with E-state index in [1.165, 1.54) is 11.4 Å². The molecule has 0 aliphatic heterocycles. The zero-order valence-corrected chi connectivity index (χ0v) is 12.7. The van der Waals surface area contributed by atoms with E-state index in [-0.39, 0.29) is 0 Å². The molecule has 0 spiro atoms. The number of hydrogen-bond donors (Lipinski definition) is 0. The first kappa shape index (κ1) is 14.4. The molecule has 2 aromatic carbocycles. The molecule has 106 valence electrons. The second kappa shape index (κ2) is 6.99. The summed E-state index contributed by atoms with van der Waals surface area (Å²) in [6, 6.07) is 21.3. The van der Waals surface area contributed by atoms with Gasteiger partial charge in [-0.25, -0.2) is 0 Å². The Morgan fingerprint density at radius 2 is 1.05 bits per heavy atom. The van der Waals surface area contributed by atoms with Gasteiger partial charge in [-0.2, -0.15) is 0 Å². The van der Waals surface area contributed by atoms with Gasteiger partial charge in [0.15, 0.2) is 0 Å². The largest absolute Gasteiger partial charge is 0.352 e. The van der Waals surface area contributed by atoms with Crippen LogP contribution in [0.4, 0.5) is 11.4 Å². The highest BCUT2D eigenvalue weighted by molar-refractivity contribution is 5.53. The van der Waals surface area contributed by atoms with E-state index in [1.54, 1.807) is 0 Å². The number of rotatable bonds is 6. The summed E-state index contributed by atoms with van der Waals surface area (Å²) in [5.74, 6) is 0. The second-order valence-electron chi connectivity index (χ2n) is 4.87. The quantitative estimate of drug-likeness (QED) is 0.717. The second-order valence-corrected chi connectivity index (χ2v) is 4.87. The minimum atomic E-state index is 0.329. The van der Waals surface area contributed by atoms with E-state index in [4.69, 9.17) is 0 Å². The van der Waals surface area contributed by atoms with Crippen molar-refractivity contribution in [1.82, 2.24) is 0 Å². The maximum atomic E-state index is 2.43. The Morgan fingerprint density at radius 3 is 1.35 bits per heavy atom. The normalized spacial score (nSPS) is 10.6. The first-order valence-electron chi connectivity index (χ1n) is 7.41. The Kier molecular flexibility index (Phi) is 5.05. The van der Waals surface area contributed by atoms with Crippen molar-refractivity contribution >= 4 is 11.4 Å². The van der Waals surface area contributed by atoms with Crippen LogP contribution in [0.15, 0.2) is 60.7 Å². The van der Waals surface area contributed by atoms with Gasteiger partial charge in [0.25, 0.3) is 0 Å². The average molecular weight is 268 g/mol. The van der Waals surface area contributed by atoms with Crippen molar-refractivity contribution in [3.63, 3.8) is 0 Å². The van der Waals surface area contributed by atoms with Crippen molar-refractivity contribution in [2.75, 3.05) is 22.9 Å². The standard InChI is InChI=1S/C18H24N2/c1-4-19(17-12-8-6-9-13-17)16(3)20(5-2)18-14-10-7-11-15-18/h6-16H,4-5H2,1-3H3. The minimum Gasteiger partial charge on any atom is -0.352 e. The first-order chi connectivity index (χ1) is 9.77. The molecule has 0 saturated carbocycles. The van der Waals surface area contributed by atoms with Gasteiger partial charge in [-0.05, 0) is 45.0 Å². The van der Waals surface area contributed by atoms with E-state index in [9.17, 15) is 0 Å². The fourth-order valence-corrected chi connectivity index (χ4v) is 2.73. The smallest absolute Gasteiger partial charge is 0.0986 e. The van der Waals surface area contributed by atoms with Gasteiger partial charge in [0.05, 0.1) is 6.17 Å². The van der Waals surface area contributed by atoms with Gasteiger partial charge in [-0.3, -0.25) is 0 Å². The third-order valence-electron chi connectivity index (χ3n) is 3.76. The molecule has 0 bridgehead atoms. The maximum Gasteiger partial charge on any atom is 0.0986 e. The van der Waals surface area contributed by atoms with Crippen LogP contribution in [0.5, 0.6) is 0 Å². The fraction of sp³-hybridized carbons (Fsp3) is 0.333. The highest BCUT2D eigenvalue weighted by Gasteiger charge is 2.19. The van der Waals surface area contributed by atoms with E-state index < -0.39 is 0 Å². The molecular weight excluding hydrogens is 244 g/mol. The lowest BCUT2D eigenvalue weighted by Gasteiger charge is -2.39. The lowest BCUT2D eigenvalue weighted by atomic mass is 10.2. The first-order valence-corrected chi connectivity index (χ1v) is 7.41. The minimum absolute atomic E-state index is 0.329. The molecule has 0 heterocycles. The molecule has 0 radical (unpaired) electrons. The van der Waals surface area contributed by atoms with E-state index >= 15 is 0 Å². The molecule has 0 amide bonds. The predicted molar refractivity (Wildman–Crippen MR) is 88.4 cm³/mol. The highest BCUT2D eigenvalue weighted by atomic mass is 15.3. The summed E-state index contributed by atoms with van der Waals surface area (Å²) in [4.78, 5) is 4.85. The van der Waals surface area contributed by atoms with Crippen LogP contribution in [0.1, 0.15) is 20.8 Å². The van der Waals surface area contributed by atoms with Crippen LogP contribution in [-0.4, -0.2) is 19.3 Å². The molecular formula is C18H24N2. The zero-order valence-electron chi connectivity index (χ0n) is 12.7. The van der Waals surface area contributed by atoms with Gasteiger partial charge in [-0.1, -0.05) is 36.4 Å². The van der Waals surface area contributed by atoms with Gasteiger partial charge < -0.3 is 9.80 Å². The van der Waals surface area contributed by atoms with Crippen LogP contribution in [0, 0.1) is 0 Å². The topological polar surface area (TPSA) is 6.48 Å². The number of anilines is 2. The van der Waals surface area contributed by atoms with Crippen LogP contribution in [-0.2, 0) is 0 Å². The summed E-state index contributed by atoms with van der Waals surface area (Å²) < 4.78 is 0. The number of hydrogen-bond acceptors (Lipinski definition) is 2. The van der Waals surface area contributed by atoms with E-state index in [0.717, 1.165) is 13.1 Å². The Labute approximate surface area is 122 Å². The molecule has 20 heavy (non-hydrogen) atoms. The van der Waals surface area contributed by atoms with Gasteiger partial charge in [-0.15, -0.1) is 0 Å². The number of para-hydroxylation sites is 2. The van der Waals surface area contributed by atoms with Crippen LogP contribution < -0.4 is 9.80 Å². The number of nitrogens with zero attached hydrogens (tertiary/aromatic N) is 2. The molecule has 0 unspecified atom stereocenters. The van der Waals surface area contributed by atoms with Crippen molar-refractivity contribution in [2.45, 2.75) is 26.9 Å². The Morgan fingerprint density at radius 1 is 0.700 bits per heavy atom. The summed E-state index contributed by atoms with van der Waals surface area (Å²) in [6.45, 7) is 8.68. The van der Waals surface area contributed by atoms with Crippen LogP contribution in [0.3, 0.4) is 0 Å². The molecule has 0 aliphatic rings. The monoisotopic (exact) mass is 268 g/mol. The van der Waals surface area contributed by atoms with Gasteiger partial charge >= 0.3 is 0 Å². The highest BCUT2D eigenvalue weighted by Crippen LogP contribution is 2.22. The van der Waals surface area contributed by atoms with Crippen molar-refractivity contribution in [2.24, 2.45) is 0 Å². The summed E-state index contributed by atoms with van der Waals surface area (Å²) in [7, 11) is 0. The molecule has 2 rings (SSSR count). The fourth-order valence-electron chi connectivity index (χ4n) is 2.73. The lowest BCUT2D eigenvalue weighted by Crippen LogP contribution is -2.47. The SMILES string of the molecule is CCN(c1ccccc1)C(C)N(CC)c1ccccc1. The lowest BCUT2D eigenvalue weighted by molar-refractivity contribution is 0.608. The Hall–Kier alpha value is -1.96. The van der Waals surface area contributed by atoms with Gasteiger partial charge in [0.1, 0.15) is 0 Å². The van der Waals surface area contributed by atoms with Gasteiger partial charge in [0.2, 0.25) is 0 Å². The number of benzene rings is 2. The van der Waals surface area contributed by atoms with E-state index in [0.29, 0.717) is 6.17 Å². The molecule has 0 N–H and O–H groups in total. The van der Waals surface area contributed by atoms with Crippen LogP contribution in [0.25, 0.3) is 0 Å². The van der Waals surface area contributed by atoms with Crippen molar-refractivity contribution < 1.29 is 0 Å². The molecule has 0 fully saturated rings. The Balaban J connectivity index is 2.25. The predicted octanol–water partition coefficient (Wildman–Crippen LogP) is 4.39. The zero-order chi connectivity index (χ0) is 14.4. The summed E-state index contributed by atoms with van der Waals surface area (Å²) in [5, 5.41) is 0. The molecule has 0 aromatic heterocycles. The van der Waals surface area contributed by atoms with E-state index in [2.05, 4.69) is 91.2 Å². The summed E-state index contributed by atoms with van der Waals surface area (Å²) in [6.07, 6.45) is 0.329. The van der Waals surface area contributed by atoms with Crippen molar-refractivity contribution in [3.8, 4) is 0 Å². The molecule has 2 heteroatoms. The maximum absolute atomic E-state index is 2.43. The molecule has 0 saturated heterocycles. The Bertz CT molecular complexity index is 448. The average Bonchev–Trinajstić information content (AvgIpc) is 2.51. The van der Waals surface area contributed by atoms with Crippen LogP contribution in [0.2, 0.25) is 0 Å². The summed E-state index contributed by atoms with van der Waals surface area (Å²) >= 11 is 0. The van der Waals surface area contributed by atoms with Crippen molar-refractivity contribution in [3.05, 3.63) is 60.7 Å². The third kappa shape index (κ3) is 3.13. The summed E-state index contributed by atoms with van der Waals surface area (Å²) in [5.41, 5.74) is 2.55. The van der Waals surface area contributed by atoms with E-state index in [1.807, 2.05) is 0 Å². The molecule has 2 nitrogen and oxygen atoms in total. The molecule has 2 aromatic rings. The molecule has 0 atom stereocenters. The third-order valence-corrected chi connectivity index (χ3v) is 3.76. The van der Waals surface area contributed by atoms with Gasteiger partial charge in [0, 0.05) is 24.5 Å². The van der Waals surface area contributed by atoms with Crippen LogP contribution >= 0.6 is 0 Å². The van der Waals surface area contributed by atoms with Crippen molar-refractivity contribution in [1.29, 1.82) is 0 Å². The molecule has 0 aliphatic carbocycles.